The van der Waals surface area contributed by atoms with Crippen molar-refractivity contribution in [1.29, 1.82) is 0 Å². The lowest BCUT2D eigenvalue weighted by Crippen LogP contribution is -2.54. The molecule has 0 radical (unpaired) electrons. The van der Waals surface area contributed by atoms with Gasteiger partial charge in [0.05, 0.1) is 6.10 Å². The van der Waals surface area contributed by atoms with Gasteiger partial charge in [-0.25, -0.2) is 8.78 Å². The summed E-state index contributed by atoms with van der Waals surface area (Å²) in [5, 5.41) is 11.9. The highest BCUT2D eigenvalue weighted by Gasteiger charge is 2.42. The second kappa shape index (κ2) is 5.54. The average Bonchev–Trinajstić information content (AvgIpc) is 2.26. The van der Waals surface area contributed by atoms with Crippen LogP contribution in [-0.4, -0.2) is 42.8 Å². The molecule has 6 heteroatoms. The molecule has 0 saturated heterocycles. The number of alkyl halides is 2. The molecule has 2 atom stereocenters. The minimum Gasteiger partial charge on any atom is -0.480 e. The molecule has 0 aliphatic heterocycles. The SMILES string of the molecule is CNC1(C(=O)O)CCCC(OCC(F)F)C1. The largest absolute Gasteiger partial charge is 0.480 e. The number of hydrogen-bond donors (Lipinski definition) is 2. The van der Waals surface area contributed by atoms with Gasteiger partial charge in [0.25, 0.3) is 6.43 Å². The molecule has 1 rings (SSSR count). The summed E-state index contributed by atoms with van der Waals surface area (Å²) < 4.78 is 28.9. The summed E-state index contributed by atoms with van der Waals surface area (Å²) >= 11 is 0. The van der Waals surface area contributed by atoms with Crippen LogP contribution in [0.4, 0.5) is 8.78 Å². The number of hydrogen-bond acceptors (Lipinski definition) is 3. The highest BCUT2D eigenvalue weighted by Crippen LogP contribution is 2.30. The lowest BCUT2D eigenvalue weighted by atomic mass is 9.80. The van der Waals surface area contributed by atoms with E-state index >= 15 is 0 Å². The highest BCUT2D eigenvalue weighted by atomic mass is 19.3. The van der Waals surface area contributed by atoms with Crippen LogP contribution in [-0.2, 0) is 9.53 Å². The molecule has 1 aliphatic carbocycles. The van der Waals surface area contributed by atoms with Crippen molar-refractivity contribution in [3.8, 4) is 0 Å². The first-order valence-electron chi connectivity index (χ1n) is 5.32. The number of ether oxygens (including phenoxy) is 1. The number of carboxylic acid groups (broad SMARTS) is 1. The molecule has 0 amide bonds. The molecule has 0 spiro atoms. The Bertz CT molecular complexity index is 250. The van der Waals surface area contributed by atoms with Crippen LogP contribution in [0.3, 0.4) is 0 Å². The Balaban J connectivity index is 2.54. The van der Waals surface area contributed by atoms with Crippen LogP contribution in [0.2, 0.25) is 0 Å². The second-order valence-electron chi connectivity index (χ2n) is 4.08. The Morgan fingerprint density at radius 3 is 2.88 bits per heavy atom. The van der Waals surface area contributed by atoms with E-state index in [0.29, 0.717) is 19.3 Å². The number of rotatable bonds is 5. The maximum absolute atomic E-state index is 12.0. The van der Waals surface area contributed by atoms with Crippen molar-refractivity contribution < 1.29 is 23.4 Å². The summed E-state index contributed by atoms with van der Waals surface area (Å²) in [6.45, 7) is -0.621. The van der Waals surface area contributed by atoms with Gasteiger partial charge in [-0.3, -0.25) is 4.79 Å². The van der Waals surface area contributed by atoms with Crippen LogP contribution in [0, 0.1) is 0 Å². The molecule has 2 N–H and O–H groups in total. The maximum atomic E-state index is 12.0. The van der Waals surface area contributed by atoms with E-state index in [2.05, 4.69) is 5.32 Å². The Hall–Kier alpha value is -0.750. The lowest BCUT2D eigenvalue weighted by Gasteiger charge is -2.37. The van der Waals surface area contributed by atoms with Gasteiger partial charge in [0.15, 0.2) is 0 Å². The monoisotopic (exact) mass is 237 g/mol. The molecule has 16 heavy (non-hydrogen) atoms. The summed E-state index contributed by atoms with van der Waals surface area (Å²) in [7, 11) is 1.57. The topological polar surface area (TPSA) is 58.6 Å². The van der Waals surface area contributed by atoms with Crippen molar-refractivity contribution in [2.75, 3.05) is 13.7 Å². The predicted octanol–water partition coefficient (Wildman–Crippen LogP) is 1.25. The van der Waals surface area contributed by atoms with Crippen molar-refractivity contribution in [2.24, 2.45) is 0 Å². The Morgan fingerprint density at radius 2 is 2.38 bits per heavy atom. The highest BCUT2D eigenvalue weighted by molar-refractivity contribution is 5.79. The van der Waals surface area contributed by atoms with Crippen molar-refractivity contribution in [2.45, 2.75) is 43.8 Å². The van der Waals surface area contributed by atoms with E-state index in [1.807, 2.05) is 0 Å². The zero-order valence-corrected chi connectivity index (χ0v) is 9.21. The van der Waals surface area contributed by atoms with Crippen molar-refractivity contribution in [1.82, 2.24) is 5.32 Å². The molecule has 0 aromatic rings. The Labute approximate surface area is 93.0 Å². The van der Waals surface area contributed by atoms with Crippen LogP contribution < -0.4 is 5.32 Å². The van der Waals surface area contributed by atoms with Gasteiger partial charge in [-0.15, -0.1) is 0 Å². The van der Waals surface area contributed by atoms with E-state index in [4.69, 9.17) is 9.84 Å². The number of aliphatic carboxylic acids is 1. The molecule has 1 fully saturated rings. The van der Waals surface area contributed by atoms with Gasteiger partial charge in [0.2, 0.25) is 0 Å². The van der Waals surface area contributed by atoms with Gasteiger partial charge in [0.1, 0.15) is 12.1 Å². The predicted molar refractivity (Wildman–Crippen MR) is 53.6 cm³/mol. The summed E-state index contributed by atoms with van der Waals surface area (Å²) in [6.07, 6.45) is -0.842. The number of carbonyl (C=O) groups is 1. The van der Waals surface area contributed by atoms with Gasteiger partial charge in [-0.05, 0) is 26.3 Å². The third kappa shape index (κ3) is 3.12. The number of nitrogens with one attached hydrogen (secondary N) is 1. The van der Waals surface area contributed by atoms with Gasteiger partial charge < -0.3 is 15.2 Å². The fourth-order valence-electron chi connectivity index (χ4n) is 2.10. The second-order valence-corrected chi connectivity index (χ2v) is 4.08. The van der Waals surface area contributed by atoms with E-state index in [0.717, 1.165) is 0 Å². The molecule has 94 valence electrons. The van der Waals surface area contributed by atoms with E-state index < -0.39 is 30.6 Å². The normalized spacial score (nSPS) is 30.6. The van der Waals surface area contributed by atoms with Gasteiger partial charge >= 0.3 is 5.97 Å². The minimum absolute atomic E-state index is 0.242. The maximum Gasteiger partial charge on any atom is 0.323 e. The first kappa shape index (κ1) is 13.3. The first-order chi connectivity index (χ1) is 7.50. The summed E-state index contributed by atoms with van der Waals surface area (Å²) in [4.78, 5) is 11.1. The van der Waals surface area contributed by atoms with E-state index in [1.54, 1.807) is 7.05 Å². The molecule has 0 aromatic heterocycles. The third-order valence-electron chi connectivity index (χ3n) is 3.05. The van der Waals surface area contributed by atoms with Crippen LogP contribution in [0.25, 0.3) is 0 Å². The zero-order valence-electron chi connectivity index (χ0n) is 9.21. The van der Waals surface area contributed by atoms with Crippen LogP contribution >= 0.6 is 0 Å². The van der Waals surface area contributed by atoms with Gasteiger partial charge in [0, 0.05) is 6.42 Å². The molecule has 1 saturated carbocycles. The van der Waals surface area contributed by atoms with E-state index in [-0.39, 0.29) is 6.42 Å². The summed E-state index contributed by atoms with van der Waals surface area (Å²) in [6, 6.07) is 0. The molecule has 0 heterocycles. The average molecular weight is 237 g/mol. The van der Waals surface area contributed by atoms with E-state index in [1.165, 1.54) is 0 Å². The molecule has 2 unspecified atom stereocenters. The van der Waals surface area contributed by atoms with Crippen LogP contribution in [0.1, 0.15) is 25.7 Å². The molecule has 0 aromatic carbocycles. The van der Waals surface area contributed by atoms with Gasteiger partial charge in [-0.2, -0.15) is 0 Å². The van der Waals surface area contributed by atoms with Crippen LogP contribution in [0.5, 0.6) is 0 Å². The fraction of sp³-hybridized carbons (Fsp3) is 0.900. The smallest absolute Gasteiger partial charge is 0.323 e. The quantitative estimate of drug-likeness (QED) is 0.755. The molecule has 4 nitrogen and oxygen atoms in total. The number of likely N-dealkylation sites (N-methyl/N-ethyl adjacent to an activating group) is 1. The lowest BCUT2D eigenvalue weighted by molar-refractivity contribution is -0.149. The van der Waals surface area contributed by atoms with Crippen molar-refractivity contribution in [3.05, 3.63) is 0 Å². The minimum atomic E-state index is -2.50. The fourth-order valence-corrected chi connectivity index (χ4v) is 2.10. The molecular weight excluding hydrogens is 220 g/mol. The van der Waals surface area contributed by atoms with E-state index in [9.17, 15) is 13.6 Å². The first-order valence-corrected chi connectivity index (χ1v) is 5.32. The summed E-state index contributed by atoms with van der Waals surface area (Å²) in [5.74, 6) is -0.944. The number of halogens is 2. The Morgan fingerprint density at radius 1 is 1.69 bits per heavy atom. The van der Waals surface area contributed by atoms with Crippen LogP contribution in [0.15, 0.2) is 0 Å². The van der Waals surface area contributed by atoms with Crippen molar-refractivity contribution in [3.63, 3.8) is 0 Å². The molecular formula is C10H17F2NO3. The molecule has 1 aliphatic rings. The van der Waals surface area contributed by atoms with Gasteiger partial charge in [-0.1, -0.05) is 0 Å². The number of carboxylic acids is 1. The standard InChI is InChI=1S/C10H17F2NO3/c1-13-10(9(14)15)4-2-3-7(5-10)16-6-8(11)12/h7-8,13H,2-6H2,1H3,(H,14,15). The third-order valence-corrected chi connectivity index (χ3v) is 3.05. The summed E-state index contributed by atoms with van der Waals surface area (Å²) in [5.41, 5.74) is -1.02. The zero-order chi connectivity index (χ0) is 12.2. The van der Waals surface area contributed by atoms with Crippen molar-refractivity contribution >= 4 is 5.97 Å². The Kier molecular flexibility index (Phi) is 4.61. The molecule has 0 bridgehead atoms.